The van der Waals surface area contributed by atoms with E-state index in [4.69, 9.17) is 22.1 Å². The highest BCUT2D eigenvalue weighted by Crippen LogP contribution is 2.23. The van der Waals surface area contributed by atoms with Crippen LogP contribution in [0.2, 0.25) is 5.02 Å². The first-order valence-electron chi connectivity index (χ1n) is 7.01. The molecule has 0 aromatic heterocycles. The summed E-state index contributed by atoms with van der Waals surface area (Å²) < 4.78 is 4.85. The van der Waals surface area contributed by atoms with Gasteiger partial charge in [0.25, 0.3) is 0 Å². The van der Waals surface area contributed by atoms with E-state index in [9.17, 15) is 4.79 Å². The third-order valence-corrected chi connectivity index (χ3v) is 3.28. The summed E-state index contributed by atoms with van der Waals surface area (Å²) in [6, 6.07) is 12.9. The van der Waals surface area contributed by atoms with Gasteiger partial charge in [0.2, 0.25) is 0 Å². The molecule has 0 aliphatic rings. The van der Waals surface area contributed by atoms with E-state index in [0.717, 1.165) is 11.3 Å². The number of rotatable bonds is 6. The van der Waals surface area contributed by atoms with Crippen LogP contribution < -0.4 is 16.4 Å². The zero-order valence-electron chi connectivity index (χ0n) is 12.5. The van der Waals surface area contributed by atoms with Gasteiger partial charge in [-0.2, -0.15) is 0 Å². The highest BCUT2D eigenvalue weighted by molar-refractivity contribution is 6.30. The number of benzene rings is 2. The Morgan fingerprint density at radius 1 is 1.26 bits per heavy atom. The molecule has 0 heterocycles. The molecular weight excluding hydrogens is 314 g/mol. The fourth-order valence-electron chi connectivity index (χ4n) is 1.87. The fourth-order valence-corrected chi connectivity index (χ4v) is 2.00. The third kappa shape index (κ3) is 5.23. The van der Waals surface area contributed by atoms with Gasteiger partial charge < -0.3 is 15.8 Å². The largest absolute Gasteiger partial charge is 0.445 e. The normalized spacial score (nSPS) is 9.96. The lowest BCUT2D eigenvalue weighted by molar-refractivity contribution is 0.174. The summed E-state index contributed by atoms with van der Waals surface area (Å²) in [5.41, 5.74) is 8.83. The molecule has 6 heteroatoms. The number of nitrogen functional groups attached to an aromatic ring is 1. The monoisotopic (exact) mass is 331 g/mol. The number of carbonyl (C=O) groups is 1. The summed E-state index contributed by atoms with van der Waals surface area (Å²) in [6.07, 6.45) is 0.922. The van der Waals surface area contributed by atoms with Gasteiger partial charge in [-0.1, -0.05) is 36.4 Å². The second-order valence-corrected chi connectivity index (χ2v) is 5.23. The lowest BCUT2D eigenvalue weighted by atomic mass is 10.2. The Balaban J connectivity index is 1.94. The number of carbonyl (C=O) groups excluding carboxylic acids is 1. The molecular formula is C17H18ClN3O2. The highest BCUT2D eigenvalue weighted by Gasteiger charge is 2.06. The summed E-state index contributed by atoms with van der Waals surface area (Å²) in [5, 5.41) is 6.54. The van der Waals surface area contributed by atoms with E-state index in [1.54, 1.807) is 12.1 Å². The van der Waals surface area contributed by atoms with Crippen LogP contribution in [-0.2, 0) is 11.3 Å². The molecule has 0 fully saturated rings. The van der Waals surface area contributed by atoms with Crippen molar-refractivity contribution in [2.45, 2.75) is 6.54 Å². The standard InChI is InChI=1S/C17H18ClN3O2/c1-2-9-23-17(22)21-16-8-7-14(10-15(16)19)20-11-12-3-5-13(18)6-4-12/h2-8,10,20H,1,9,11,19H2,(H,21,22). The predicted molar refractivity (Wildman–Crippen MR) is 94.8 cm³/mol. The molecule has 4 N–H and O–H groups in total. The predicted octanol–water partition coefficient (Wildman–Crippen LogP) is 4.27. The maximum Gasteiger partial charge on any atom is 0.412 e. The van der Waals surface area contributed by atoms with Crippen molar-refractivity contribution in [3.05, 3.63) is 65.7 Å². The minimum Gasteiger partial charge on any atom is -0.445 e. The number of nitrogens with one attached hydrogen (secondary N) is 2. The third-order valence-electron chi connectivity index (χ3n) is 3.03. The molecule has 2 aromatic rings. The lowest BCUT2D eigenvalue weighted by Crippen LogP contribution is -2.14. The van der Waals surface area contributed by atoms with Crippen molar-refractivity contribution in [2.24, 2.45) is 0 Å². The molecule has 5 nitrogen and oxygen atoms in total. The van der Waals surface area contributed by atoms with Gasteiger partial charge in [0.15, 0.2) is 0 Å². The first-order valence-corrected chi connectivity index (χ1v) is 7.39. The first-order chi connectivity index (χ1) is 11.1. The Labute approximate surface area is 140 Å². The Hall–Kier alpha value is -2.66. The molecule has 0 spiro atoms. The van der Waals surface area contributed by atoms with Gasteiger partial charge in [-0.05, 0) is 35.9 Å². The number of halogens is 1. The molecule has 0 radical (unpaired) electrons. The van der Waals surface area contributed by atoms with Gasteiger partial charge in [0.1, 0.15) is 6.61 Å². The van der Waals surface area contributed by atoms with Gasteiger partial charge in [-0.15, -0.1) is 0 Å². The highest BCUT2D eigenvalue weighted by atomic mass is 35.5. The van der Waals surface area contributed by atoms with Crippen LogP contribution in [0, 0.1) is 0 Å². The molecule has 0 unspecified atom stereocenters. The summed E-state index contributed by atoms with van der Waals surface area (Å²) in [6.45, 7) is 4.26. The van der Waals surface area contributed by atoms with Crippen LogP contribution in [0.3, 0.4) is 0 Å². The second-order valence-electron chi connectivity index (χ2n) is 4.79. The van der Waals surface area contributed by atoms with Gasteiger partial charge >= 0.3 is 6.09 Å². The summed E-state index contributed by atoms with van der Waals surface area (Å²) >= 11 is 5.85. The quantitative estimate of drug-likeness (QED) is 0.545. The van der Waals surface area contributed by atoms with E-state index in [1.807, 2.05) is 30.3 Å². The molecule has 23 heavy (non-hydrogen) atoms. The van der Waals surface area contributed by atoms with Gasteiger partial charge in [0.05, 0.1) is 11.4 Å². The van der Waals surface area contributed by atoms with Crippen molar-refractivity contribution in [1.82, 2.24) is 0 Å². The van der Waals surface area contributed by atoms with Crippen LogP contribution in [-0.4, -0.2) is 12.7 Å². The minimum atomic E-state index is -0.571. The molecule has 0 saturated carbocycles. The van der Waals surface area contributed by atoms with Crippen LogP contribution in [0.15, 0.2) is 55.1 Å². The number of nitrogens with two attached hydrogens (primary N) is 1. The number of hydrogen-bond donors (Lipinski definition) is 3. The van der Waals surface area contributed by atoms with E-state index in [1.165, 1.54) is 6.08 Å². The topological polar surface area (TPSA) is 76.4 Å². The smallest absolute Gasteiger partial charge is 0.412 e. The molecule has 0 aliphatic carbocycles. The Bertz CT molecular complexity index is 687. The maximum absolute atomic E-state index is 11.5. The SMILES string of the molecule is C=CCOC(=O)Nc1ccc(NCc2ccc(Cl)cc2)cc1N. The van der Waals surface area contributed by atoms with Crippen LogP contribution in [0.4, 0.5) is 21.9 Å². The Morgan fingerprint density at radius 3 is 2.65 bits per heavy atom. The Morgan fingerprint density at radius 2 is 2.00 bits per heavy atom. The van der Waals surface area contributed by atoms with Gasteiger partial charge in [0, 0.05) is 17.3 Å². The van der Waals surface area contributed by atoms with Gasteiger partial charge in [-0.25, -0.2) is 4.79 Å². The molecule has 0 saturated heterocycles. The molecule has 0 atom stereocenters. The molecule has 0 bridgehead atoms. The van der Waals surface area contributed by atoms with Crippen LogP contribution in [0.25, 0.3) is 0 Å². The first kappa shape index (κ1) is 16.7. The van der Waals surface area contributed by atoms with Crippen LogP contribution >= 0.6 is 11.6 Å². The van der Waals surface area contributed by atoms with E-state index in [-0.39, 0.29) is 6.61 Å². The summed E-state index contributed by atoms with van der Waals surface area (Å²) in [4.78, 5) is 11.5. The van der Waals surface area contributed by atoms with Crippen molar-refractivity contribution < 1.29 is 9.53 Å². The molecule has 2 aromatic carbocycles. The molecule has 1 amide bonds. The van der Waals surface area contributed by atoms with Crippen molar-refractivity contribution in [3.8, 4) is 0 Å². The zero-order chi connectivity index (χ0) is 16.7. The van der Waals surface area contributed by atoms with E-state index in [0.29, 0.717) is 22.9 Å². The number of amides is 1. The molecule has 0 aliphatic heterocycles. The lowest BCUT2D eigenvalue weighted by Gasteiger charge is -2.11. The van der Waals surface area contributed by atoms with E-state index in [2.05, 4.69) is 17.2 Å². The average molecular weight is 332 g/mol. The summed E-state index contributed by atoms with van der Waals surface area (Å²) in [7, 11) is 0. The fraction of sp³-hybridized carbons (Fsp3) is 0.118. The van der Waals surface area contributed by atoms with Crippen molar-refractivity contribution in [3.63, 3.8) is 0 Å². The van der Waals surface area contributed by atoms with Crippen molar-refractivity contribution >= 4 is 34.8 Å². The maximum atomic E-state index is 11.5. The van der Waals surface area contributed by atoms with Crippen LogP contribution in [0.5, 0.6) is 0 Å². The minimum absolute atomic E-state index is 0.145. The second kappa shape index (κ2) is 8.10. The molecule has 120 valence electrons. The zero-order valence-corrected chi connectivity index (χ0v) is 13.3. The van der Waals surface area contributed by atoms with Gasteiger partial charge in [-0.3, -0.25) is 5.32 Å². The van der Waals surface area contributed by atoms with E-state index >= 15 is 0 Å². The Kier molecular flexibility index (Phi) is 5.88. The van der Waals surface area contributed by atoms with Crippen molar-refractivity contribution in [1.29, 1.82) is 0 Å². The number of anilines is 3. The summed E-state index contributed by atoms with van der Waals surface area (Å²) in [5.74, 6) is 0. The number of ether oxygens (including phenoxy) is 1. The average Bonchev–Trinajstić information content (AvgIpc) is 2.54. The van der Waals surface area contributed by atoms with Crippen molar-refractivity contribution in [2.75, 3.05) is 23.0 Å². The van der Waals surface area contributed by atoms with E-state index < -0.39 is 6.09 Å². The van der Waals surface area contributed by atoms with Crippen LogP contribution in [0.1, 0.15) is 5.56 Å². The molecule has 2 rings (SSSR count). The number of hydrogen-bond acceptors (Lipinski definition) is 4.